The molecule has 8 heteroatoms. The van der Waals surface area contributed by atoms with Gasteiger partial charge in [-0.15, -0.1) is 0 Å². The highest BCUT2D eigenvalue weighted by Gasteiger charge is 2.15. The lowest BCUT2D eigenvalue weighted by Gasteiger charge is -2.11. The molecule has 0 saturated heterocycles. The summed E-state index contributed by atoms with van der Waals surface area (Å²) in [6, 6.07) is 21.7. The van der Waals surface area contributed by atoms with Crippen molar-refractivity contribution in [1.82, 2.24) is 20.2 Å². The summed E-state index contributed by atoms with van der Waals surface area (Å²) in [7, 11) is 1.61. The topological polar surface area (TPSA) is 85.2 Å². The normalized spacial score (nSPS) is 10.7. The van der Waals surface area contributed by atoms with Crippen molar-refractivity contribution >= 4 is 34.4 Å². The van der Waals surface area contributed by atoms with Gasteiger partial charge in [-0.1, -0.05) is 35.9 Å². The summed E-state index contributed by atoms with van der Waals surface area (Å²) < 4.78 is 6.98. The lowest BCUT2D eigenvalue weighted by molar-refractivity contribution is -0.121. The first-order valence-corrected chi connectivity index (χ1v) is 10.8. The number of carbonyl (C=O) groups is 2. The van der Waals surface area contributed by atoms with Gasteiger partial charge in [0.2, 0.25) is 5.91 Å². The van der Waals surface area contributed by atoms with Crippen LogP contribution in [0, 0.1) is 0 Å². The highest BCUT2D eigenvalue weighted by atomic mass is 35.5. The fourth-order valence-electron chi connectivity index (χ4n) is 3.44. The van der Waals surface area contributed by atoms with E-state index in [0.29, 0.717) is 23.0 Å². The summed E-state index contributed by atoms with van der Waals surface area (Å²) in [6.45, 7) is 0.669. The third kappa shape index (κ3) is 5.51. The standard InChI is InChI=1S/C25H23ClN4O3/c1-33-20-12-6-17(7-13-20)14-27-24(31)16-30-22-5-3-2-4-21(22)29-23(30)15-28-25(32)18-8-10-19(26)11-9-18/h2-13H,14-16H2,1H3,(H,27,31)(H,28,32). The van der Waals surface area contributed by atoms with Crippen LogP contribution in [0.25, 0.3) is 11.0 Å². The van der Waals surface area contributed by atoms with Gasteiger partial charge >= 0.3 is 0 Å². The second kappa shape index (κ2) is 10.2. The number of imidazole rings is 1. The average Bonchev–Trinajstić information content (AvgIpc) is 3.19. The van der Waals surface area contributed by atoms with E-state index in [2.05, 4.69) is 15.6 Å². The summed E-state index contributed by atoms with van der Waals surface area (Å²) in [4.78, 5) is 29.8. The Hall–Kier alpha value is -3.84. The summed E-state index contributed by atoms with van der Waals surface area (Å²) in [6.07, 6.45) is 0. The molecule has 0 aliphatic heterocycles. The van der Waals surface area contributed by atoms with Crippen LogP contribution in [0.15, 0.2) is 72.8 Å². The average molecular weight is 463 g/mol. The number of nitrogens with one attached hydrogen (secondary N) is 2. The summed E-state index contributed by atoms with van der Waals surface area (Å²) >= 11 is 5.89. The van der Waals surface area contributed by atoms with Crippen LogP contribution in [0.4, 0.5) is 0 Å². The molecule has 4 aromatic rings. The fraction of sp³-hybridized carbons (Fsp3) is 0.160. The van der Waals surface area contributed by atoms with E-state index in [1.807, 2.05) is 53.1 Å². The zero-order chi connectivity index (χ0) is 23.2. The first-order valence-electron chi connectivity index (χ1n) is 10.4. The molecule has 1 aromatic heterocycles. The zero-order valence-electron chi connectivity index (χ0n) is 18.0. The second-order valence-electron chi connectivity index (χ2n) is 7.42. The molecule has 3 aromatic carbocycles. The minimum absolute atomic E-state index is 0.0861. The maximum atomic E-state index is 12.7. The predicted octanol–water partition coefficient (Wildman–Crippen LogP) is 3.94. The molecule has 0 spiro atoms. The number of benzene rings is 3. The molecule has 1 heterocycles. The number of carbonyl (C=O) groups excluding carboxylic acids is 2. The Kier molecular flexibility index (Phi) is 6.90. The third-order valence-electron chi connectivity index (χ3n) is 5.20. The number of rotatable bonds is 8. The van der Waals surface area contributed by atoms with E-state index in [0.717, 1.165) is 22.3 Å². The van der Waals surface area contributed by atoms with Crippen molar-refractivity contribution in [1.29, 1.82) is 0 Å². The maximum Gasteiger partial charge on any atom is 0.251 e. The highest BCUT2D eigenvalue weighted by molar-refractivity contribution is 6.30. The van der Waals surface area contributed by atoms with Crippen LogP contribution in [0.1, 0.15) is 21.7 Å². The minimum Gasteiger partial charge on any atom is -0.497 e. The second-order valence-corrected chi connectivity index (χ2v) is 7.85. The van der Waals surface area contributed by atoms with Crippen LogP contribution < -0.4 is 15.4 Å². The van der Waals surface area contributed by atoms with Crippen molar-refractivity contribution < 1.29 is 14.3 Å². The molecule has 0 aliphatic carbocycles. The van der Waals surface area contributed by atoms with E-state index in [4.69, 9.17) is 16.3 Å². The highest BCUT2D eigenvalue weighted by Crippen LogP contribution is 2.17. The van der Waals surface area contributed by atoms with E-state index in [9.17, 15) is 9.59 Å². The number of amides is 2. The van der Waals surface area contributed by atoms with Crippen molar-refractivity contribution in [3.8, 4) is 5.75 Å². The molecule has 2 amide bonds. The van der Waals surface area contributed by atoms with Gasteiger partial charge in [0, 0.05) is 17.1 Å². The Morgan fingerprint density at radius 3 is 2.39 bits per heavy atom. The minimum atomic E-state index is -0.241. The molecule has 0 atom stereocenters. The molecule has 33 heavy (non-hydrogen) atoms. The molecule has 0 aliphatic rings. The van der Waals surface area contributed by atoms with E-state index in [1.54, 1.807) is 31.4 Å². The van der Waals surface area contributed by atoms with Gasteiger partial charge in [-0.2, -0.15) is 0 Å². The van der Waals surface area contributed by atoms with Gasteiger partial charge in [0.15, 0.2) is 0 Å². The van der Waals surface area contributed by atoms with Crippen LogP contribution in [0.5, 0.6) is 5.75 Å². The Bertz CT molecular complexity index is 1270. The van der Waals surface area contributed by atoms with Crippen molar-refractivity contribution in [2.75, 3.05) is 7.11 Å². The smallest absolute Gasteiger partial charge is 0.251 e. The lowest BCUT2D eigenvalue weighted by Crippen LogP contribution is -2.29. The number of para-hydroxylation sites is 2. The van der Waals surface area contributed by atoms with Crippen LogP contribution in [0.2, 0.25) is 5.02 Å². The largest absolute Gasteiger partial charge is 0.497 e. The molecule has 2 N–H and O–H groups in total. The monoisotopic (exact) mass is 462 g/mol. The van der Waals surface area contributed by atoms with Gasteiger partial charge in [-0.05, 0) is 54.1 Å². The van der Waals surface area contributed by atoms with Gasteiger partial charge in [0.25, 0.3) is 5.91 Å². The number of nitrogens with zero attached hydrogens (tertiary/aromatic N) is 2. The van der Waals surface area contributed by atoms with Crippen molar-refractivity contribution in [2.24, 2.45) is 0 Å². The molecule has 0 fully saturated rings. The Morgan fingerprint density at radius 1 is 0.939 bits per heavy atom. The van der Waals surface area contributed by atoms with Gasteiger partial charge in [-0.3, -0.25) is 9.59 Å². The first-order chi connectivity index (χ1) is 16.0. The van der Waals surface area contributed by atoms with Gasteiger partial charge in [0.05, 0.1) is 24.7 Å². The summed E-state index contributed by atoms with van der Waals surface area (Å²) in [5.41, 5.74) is 3.05. The van der Waals surface area contributed by atoms with Gasteiger partial charge in [-0.25, -0.2) is 4.98 Å². The predicted molar refractivity (Wildman–Crippen MR) is 127 cm³/mol. The molecule has 168 valence electrons. The summed E-state index contributed by atoms with van der Waals surface area (Å²) in [5.74, 6) is 0.965. The van der Waals surface area contributed by atoms with Crippen molar-refractivity contribution in [2.45, 2.75) is 19.6 Å². The van der Waals surface area contributed by atoms with Crippen LogP contribution in [-0.4, -0.2) is 28.5 Å². The molecular formula is C25H23ClN4O3. The van der Waals surface area contributed by atoms with E-state index in [1.165, 1.54) is 0 Å². The number of fused-ring (bicyclic) bond motifs is 1. The summed E-state index contributed by atoms with van der Waals surface area (Å²) in [5, 5.41) is 6.37. The molecule has 0 saturated carbocycles. The van der Waals surface area contributed by atoms with Crippen LogP contribution in [-0.2, 0) is 24.4 Å². The van der Waals surface area contributed by atoms with Gasteiger partial charge < -0.3 is 19.9 Å². The third-order valence-corrected chi connectivity index (χ3v) is 5.45. The SMILES string of the molecule is COc1ccc(CNC(=O)Cn2c(CNC(=O)c3ccc(Cl)cc3)nc3ccccc32)cc1. The Labute approximate surface area is 196 Å². The molecule has 0 bridgehead atoms. The molecule has 0 unspecified atom stereocenters. The van der Waals surface area contributed by atoms with Crippen LogP contribution in [0.3, 0.4) is 0 Å². The van der Waals surface area contributed by atoms with Crippen molar-refractivity contribution in [3.63, 3.8) is 0 Å². The number of halogens is 1. The number of hydrogen-bond acceptors (Lipinski definition) is 4. The van der Waals surface area contributed by atoms with E-state index >= 15 is 0 Å². The molecule has 7 nitrogen and oxygen atoms in total. The van der Waals surface area contributed by atoms with Crippen LogP contribution >= 0.6 is 11.6 Å². The number of aromatic nitrogens is 2. The fourth-order valence-corrected chi connectivity index (χ4v) is 3.57. The van der Waals surface area contributed by atoms with E-state index in [-0.39, 0.29) is 24.9 Å². The van der Waals surface area contributed by atoms with Gasteiger partial charge in [0.1, 0.15) is 18.1 Å². The Balaban J connectivity index is 1.45. The molecular weight excluding hydrogens is 440 g/mol. The zero-order valence-corrected chi connectivity index (χ0v) is 18.8. The lowest BCUT2D eigenvalue weighted by atomic mass is 10.2. The molecule has 0 radical (unpaired) electrons. The number of hydrogen-bond donors (Lipinski definition) is 2. The Morgan fingerprint density at radius 2 is 1.67 bits per heavy atom. The molecule has 4 rings (SSSR count). The quantitative estimate of drug-likeness (QED) is 0.415. The van der Waals surface area contributed by atoms with E-state index < -0.39 is 0 Å². The number of ether oxygens (including phenoxy) is 1. The maximum absolute atomic E-state index is 12.7. The first kappa shape index (κ1) is 22.4. The number of methoxy groups -OCH3 is 1. The van der Waals surface area contributed by atoms with Crippen molar-refractivity contribution in [3.05, 3.63) is 94.8 Å².